The van der Waals surface area contributed by atoms with Gasteiger partial charge in [0.15, 0.2) is 0 Å². The van der Waals surface area contributed by atoms with E-state index in [9.17, 15) is 0 Å². The van der Waals surface area contributed by atoms with Gasteiger partial charge in [0.1, 0.15) is 0 Å². The van der Waals surface area contributed by atoms with Crippen LogP contribution in [-0.2, 0) is 0 Å². The van der Waals surface area contributed by atoms with Gasteiger partial charge in [0, 0.05) is 5.92 Å². The number of hydrogen-bond donors (Lipinski definition) is 0. The van der Waals surface area contributed by atoms with E-state index in [0.717, 1.165) is 5.92 Å². The van der Waals surface area contributed by atoms with Crippen molar-refractivity contribution in [1.29, 1.82) is 0 Å². The Morgan fingerprint density at radius 2 is 2.00 bits per heavy atom. The first-order valence-electron chi connectivity index (χ1n) is 4.40. The fourth-order valence-corrected chi connectivity index (χ4v) is 1.24. The van der Waals surface area contributed by atoms with Crippen LogP contribution in [0.3, 0.4) is 0 Å². The molecular weight excluding hydrogens is 132 g/mol. The van der Waals surface area contributed by atoms with Gasteiger partial charge in [-0.25, -0.2) is 0 Å². The van der Waals surface area contributed by atoms with Gasteiger partial charge in [-0.15, -0.1) is 0 Å². The van der Waals surface area contributed by atoms with Crippen LogP contribution in [0.5, 0.6) is 0 Å². The van der Waals surface area contributed by atoms with Gasteiger partial charge in [0.2, 0.25) is 0 Å². The second-order valence-electron chi connectivity index (χ2n) is 3.73. The van der Waals surface area contributed by atoms with Crippen molar-refractivity contribution in [3.63, 3.8) is 0 Å². The van der Waals surface area contributed by atoms with E-state index < -0.39 is 0 Å². The van der Waals surface area contributed by atoms with Crippen molar-refractivity contribution in [1.82, 2.24) is 0 Å². The molecule has 1 radical (unpaired) electrons. The third-order valence-electron chi connectivity index (χ3n) is 1.98. The molecule has 0 unspecified atom stereocenters. The summed E-state index contributed by atoms with van der Waals surface area (Å²) >= 11 is 0. The maximum atomic E-state index is 2.28. The zero-order valence-corrected chi connectivity index (χ0v) is 7.72. The SMILES string of the molecule is C[C]1C=CC(CCC(C)C)=C1. The van der Waals surface area contributed by atoms with Crippen molar-refractivity contribution in [3.05, 3.63) is 29.7 Å². The van der Waals surface area contributed by atoms with Gasteiger partial charge in [-0.3, -0.25) is 0 Å². The summed E-state index contributed by atoms with van der Waals surface area (Å²) in [6, 6.07) is 0. The first-order valence-corrected chi connectivity index (χ1v) is 4.40. The van der Waals surface area contributed by atoms with E-state index in [-0.39, 0.29) is 0 Å². The van der Waals surface area contributed by atoms with Crippen LogP contribution in [0.1, 0.15) is 33.6 Å². The fraction of sp³-hybridized carbons (Fsp3) is 0.545. The summed E-state index contributed by atoms with van der Waals surface area (Å²) < 4.78 is 0. The van der Waals surface area contributed by atoms with E-state index in [1.54, 1.807) is 0 Å². The molecule has 0 heterocycles. The van der Waals surface area contributed by atoms with Crippen LogP contribution < -0.4 is 0 Å². The summed E-state index contributed by atoms with van der Waals surface area (Å²) in [5.74, 6) is 2.22. The minimum absolute atomic E-state index is 0.824. The lowest BCUT2D eigenvalue weighted by Gasteiger charge is -2.02. The van der Waals surface area contributed by atoms with Gasteiger partial charge in [0.25, 0.3) is 0 Å². The zero-order chi connectivity index (χ0) is 8.27. The molecule has 1 aliphatic carbocycles. The maximum Gasteiger partial charge on any atom is 0.0165 e. The lowest BCUT2D eigenvalue weighted by atomic mass is 10.0. The van der Waals surface area contributed by atoms with Crippen LogP contribution in [-0.4, -0.2) is 0 Å². The molecular formula is C11H17. The Kier molecular flexibility index (Phi) is 2.92. The second kappa shape index (κ2) is 3.75. The average Bonchev–Trinajstić information content (AvgIpc) is 2.31. The Balaban J connectivity index is 2.28. The Morgan fingerprint density at radius 3 is 2.45 bits per heavy atom. The number of rotatable bonds is 3. The van der Waals surface area contributed by atoms with E-state index in [4.69, 9.17) is 0 Å². The van der Waals surface area contributed by atoms with Crippen molar-refractivity contribution in [2.75, 3.05) is 0 Å². The van der Waals surface area contributed by atoms with Gasteiger partial charge in [-0.1, -0.05) is 44.6 Å². The minimum atomic E-state index is 0.824. The smallest absolute Gasteiger partial charge is 0.0165 e. The van der Waals surface area contributed by atoms with Gasteiger partial charge < -0.3 is 0 Å². The normalized spacial score (nSPS) is 18.0. The molecule has 0 fully saturated rings. The highest BCUT2D eigenvalue weighted by molar-refractivity contribution is 5.39. The predicted molar refractivity (Wildman–Crippen MR) is 50.2 cm³/mol. The molecule has 0 saturated carbocycles. The van der Waals surface area contributed by atoms with Crippen LogP contribution >= 0.6 is 0 Å². The summed E-state index contributed by atoms with van der Waals surface area (Å²) in [4.78, 5) is 0. The zero-order valence-electron chi connectivity index (χ0n) is 7.72. The summed E-state index contributed by atoms with van der Waals surface area (Å²) in [5.41, 5.74) is 1.50. The van der Waals surface area contributed by atoms with E-state index in [0.29, 0.717) is 0 Å². The molecule has 0 nitrogen and oxygen atoms in total. The van der Waals surface area contributed by atoms with Gasteiger partial charge in [0.05, 0.1) is 0 Å². The highest BCUT2D eigenvalue weighted by Gasteiger charge is 2.04. The van der Waals surface area contributed by atoms with E-state index >= 15 is 0 Å². The second-order valence-corrected chi connectivity index (χ2v) is 3.73. The highest BCUT2D eigenvalue weighted by atomic mass is 14.1. The molecule has 0 saturated heterocycles. The van der Waals surface area contributed by atoms with Crippen molar-refractivity contribution in [2.24, 2.45) is 5.92 Å². The highest BCUT2D eigenvalue weighted by Crippen LogP contribution is 2.22. The molecule has 1 aliphatic rings. The molecule has 1 rings (SSSR count). The maximum absolute atomic E-state index is 2.28. The lowest BCUT2D eigenvalue weighted by Crippen LogP contribution is -1.87. The van der Waals surface area contributed by atoms with Crippen LogP contribution in [0.25, 0.3) is 0 Å². The quantitative estimate of drug-likeness (QED) is 0.576. The fourth-order valence-electron chi connectivity index (χ4n) is 1.24. The Labute approximate surface area is 70.0 Å². The van der Waals surface area contributed by atoms with E-state index in [1.807, 2.05) is 0 Å². The standard InChI is InChI=1S/C11H17/c1-9(2)4-6-11-7-5-10(3)8-11/h5,7-9H,4,6H2,1-3H3. The predicted octanol–water partition coefficient (Wildman–Crippen LogP) is 3.51. The van der Waals surface area contributed by atoms with Gasteiger partial charge >= 0.3 is 0 Å². The third kappa shape index (κ3) is 2.92. The van der Waals surface area contributed by atoms with Crippen molar-refractivity contribution >= 4 is 0 Å². The Bertz CT molecular complexity index is 172. The van der Waals surface area contributed by atoms with Crippen LogP contribution in [0.4, 0.5) is 0 Å². The van der Waals surface area contributed by atoms with Gasteiger partial charge in [-0.05, 0) is 18.8 Å². The molecule has 0 N–H and O–H groups in total. The average molecular weight is 149 g/mol. The molecule has 0 spiro atoms. The first kappa shape index (κ1) is 8.58. The van der Waals surface area contributed by atoms with Crippen molar-refractivity contribution < 1.29 is 0 Å². The van der Waals surface area contributed by atoms with E-state index in [2.05, 4.69) is 39.0 Å². The molecule has 0 heteroatoms. The third-order valence-corrected chi connectivity index (χ3v) is 1.98. The Morgan fingerprint density at radius 1 is 1.27 bits per heavy atom. The van der Waals surface area contributed by atoms with Gasteiger partial charge in [-0.2, -0.15) is 0 Å². The first-order chi connectivity index (χ1) is 5.18. The van der Waals surface area contributed by atoms with Crippen LogP contribution in [0.2, 0.25) is 0 Å². The Hall–Kier alpha value is -0.520. The van der Waals surface area contributed by atoms with Crippen LogP contribution in [0.15, 0.2) is 23.8 Å². The number of allylic oxidation sites excluding steroid dienone is 4. The van der Waals surface area contributed by atoms with Crippen molar-refractivity contribution in [2.45, 2.75) is 33.6 Å². The molecule has 61 valence electrons. The molecule has 0 aromatic carbocycles. The molecule has 0 aliphatic heterocycles. The summed E-state index contributed by atoms with van der Waals surface area (Å²) in [5, 5.41) is 0. The minimum Gasteiger partial charge on any atom is -0.0734 e. The van der Waals surface area contributed by atoms with Crippen molar-refractivity contribution in [3.8, 4) is 0 Å². The lowest BCUT2D eigenvalue weighted by molar-refractivity contribution is 0.588. The monoisotopic (exact) mass is 149 g/mol. The van der Waals surface area contributed by atoms with Crippen LogP contribution in [0, 0.1) is 11.8 Å². The number of hydrogen-bond acceptors (Lipinski definition) is 0. The summed E-state index contributed by atoms with van der Waals surface area (Å²) in [7, 11) is 0. The molecule has 0 amide bonds. The molecule has 0 aromatic heterocycles. The summed E-state index contributed by atoms with van der Waals surface area (Å²) in [6.45, 7) is 6.70. The van der Waals surface area contributed by atoms with E-state index in [1.165, 1.54) is 24.3 Å². The summed E-state index contributed by atoms with van der Waals surface area (Å²) in [6.07, 6.45) is 9.25. The topological polar surface area (TPSA) is 0 Å². The molecule has 11 heavy (non-hydrogen) atoms. The molecule has 0 bridgehead atoms. The molecule has 0 aromatic rings. The largest absolute Gasteiger partial charge is 0.0734 e. The molecule has 0 atom stereocenters.